The Bertz CT molecular complexity index is 1250. The monoisotopic (exact) mass is 457 g/mol. The second-order valence-electron chi connectivity index (χ2n) is 7.50. The van der Waals surface area contributed by atoms with Crippen molar-refractivity contribution in [2.75, 3.05) is 4.90 Å². The highest BCUT2D eigenvalue weighted by Crippen LogP contribution is 2.38. The molecule has 1 saturated heterocycles. The van der Waals surface area contributed by atoms with Crippen molar-refractivity contribution in [3.8, 4) is 0 Å². The van der Waals surface area contributed by atoms with Crippen molar-refractivity contribution < 1.29 is 9.72 Å². The lowest BCUT2D eigenvalue weighted by Gasteiger charge is -2.16. The first-order chi connectivity index (χ1) is 16.0. The zero-order valence-electron chi connectivity index (χ0n) is 18.4. The summed E-state index contributed by atoms with van der Waals surface area (Å²) in [6.07, 6.45) is 3.40. The van der Waals surface area contributed by atoms with Crippen LogP contribution in [0.1, 0.15) is 30.5 Å². The maximum Gasteiger partial charge on any atom is 0.276 e. The zero-order chi connectivity index (χ0) is 23.4. The first-order valence-electron chi connectivity index (χ1n) is 10.7. The predicted molar refractivity (Wildman–Crippen MR) is 135 cm³/mol. The van der Waals surface area contributed by atoms with Crippen molar-refractivity contribution in [1.29, 1.82) is 0 Å². The minimum Gasteiger partial charge on any atom is -0.268 e. The van der Waals surface area contributed by atoms with E-state index in [1.165, 1.54) is 29.0 Å². The Morgan fingerprint density at radius 1 is 0.939 bits per heavy atom. The van der Waals surface area contributed by atoms with Crippen LogP contribution < -0.4 is 4.90 Å². The maximum atomic E-state index is 13.4. The average Bonchev–Trinajstić information content (AvgIpc) is 3.14. The number of nitrogens with zero attached hydrogens (tertiary/aromatic N) is 3. The van der Waals surface area contributed by atoms with E-state index in [1.807, 2.05) is 48.5 Å². The molecule has 0 bridgehead atoms. The van der Waals surface area contributed by atoms with Crippen LogP contribution in [0.4, 0.5) is 17.1 Å². The number of hydrogen-bond acceptors (Lipinski definition) is 5. The molecule has 1 amide bonds. The van der Waals surface area contributed by atoms with E-state index < -0.39 is 4.92 Å². The van der Waals surface area contributed by atoms with Crippen molar-refractivity contribution in [3.63, 3.8) is 0 Å². The van der Waals surface area contributed by atoms with Gasteiger partial charge in [0.05, 0.1) is 26.8 Å². The van der Waals surface area contributed by atoms with E-state index in [1.54, 1.807) is 29.2 Å². The topological polar surface area (TPSA) is 75.8 Å². The van der Waals surface area contributed by atoms with Gasteiger partial charge < -0.3 is 0 Å². The molecule has 0 atom stereocenters. The number of amides is 1. The van der Waals surface area contributed by atoms with Gasteiger partial charge in [-0.1, -0.05) is 50.2 Å². The molecule has 1 fully saturated rings. The van der Waals surface area contributed by atoms with E-state index in [0.717, 1.165) is 18.5 Å². The molecule has 1 heterocycles. The summed E-state index contributed by atoms with van der Waals surface area (Å²) in [5.74, 6) is -0.258. The van der Waals surface area contributed by atoms with E-state index in [9.17, 15) is 14.9 Å². The van der Waals surface area contributed by atoms with Crippen LogP contribution in [0.3, 0.4) is 0 Å². The summed E-state index contributed by atoms with van der Waals surface area (Å²) in [5, 5.41) is 11.9. The van der Waals surface area contributed by atoms with Crippen molar-refractivity contribution in [1.82, 2.24) is 0 Å². The zero-order valence-corrected chi connectivity index (χ0v) is 19.2. The molecule has 6 nitrogen and oxygen atoms in total. The number of aryl methyl sites for hydroxylation is 2. The fourth-order valence-corrected chi connectivity index (χ4v) is 4.48. The largest absolute Gasteiger partial charge is 0.276 e. The second kappa shape index (κ2) is 9.83. The summed E-state index contributed by atoms with van der Waals surface area (Å²) >= 11 is 1.22. The lowest BCUT2D eigenvalue weighted by Crippen LogP contribution is -2.28. The Balaban J connectivity index is 1.78. The Labute approximate surface area is 196 Å². The molecule has 0 saturated carbocycles. The smallest absolute Gasteiger partial charge is 0.268 e. The third kappa shape index (κ3) is 4.88. The minimum atomic E-state index is -0.442. The number of hydrogen-bond donors (Lipinski definition) is 0. The highest BCUT2D eigenvalue weighted by atomic mass is 32.2. The number of benzene rings is 3. The van der Waals surface area contributed by atoms with Gasteiger partial charge in [-0.15, -0.1) is 0 Å². The summed E-state index contributed by atoms with van der Waals surface area (Å²) in [6, 6.07) is 22.1. The molecular formula is C26H23N3O3S. The summed E-state index contributed by atoms with van der Waals surface area (Å²) in [6.45, 7) is 4.17. The van der Waals surface area contributed by atoms with E-state index >= 15 is 0 Å². The number of aliphatic imine (C=N–C) groups is 1. The number of anilines is 1. The van der Waals surface area contributed by atoms with Gasteiger partial charge in [-0.05, 0) is 72.1 Å². The molecular weight excluding hydrogens is 434 g/mol. The Hall–Kier alpha value is -3.71. The van der Waals surface area contributed by atoms with Crippen molar-refractivity contribution in [2.45, 2.75) is 26.7 Å². The summed E-state index contributed by atoms with van der Waals surface area (Å²) in [5.41, 5.74) is 4.16. The predicted octanol–water partition coefficient (Wildman–Crippen LogP) is 6.53. The molecule has 4 rings (SSSR count). The average molecular weight is 458 g/mol. The van der Waals surface area contributed by atoms with Crippen LogP contribution in [0.25, 0.3) is 6.08 Å². The fraction of sp³-hybridized carbons (Fsp3) is 0.154. The number of nitro benzene ring substituents is 1. The standard InChI is InChI=1S/C26H23N3O3S/c1-3-18-9-13-21(14-10-18)27-26-28(22-15-11-19(4-2)12-16-22)25(30)24(33-26)17-20-7-5-6-8-23(20)29(31)32/h5-17H,3-4H2,1-2H3/b24-17-,27-26?. The molecule has 1 aliphatic rings. The van der Waals surface area contributed by atoms with Crippen molar-refractivity contribution in [3.05, 3.63) is 105 Å². The van der Waals surface area contributed by atoms with Crippen LogP contribution in [0.2, 0.25) is 0 Å². The van der Waals surface area contributed by atoms with Crippen LogP contribution in [0.15, 0.2) is 82.7 Å². The number of amidine groups is 1. The van der Waals surface area contributed by atoms with Gasteiger partial charge in [0, 0.05) is 6.07 Å². The number of rotatable bonds is 6. The third-order valence-corrected chi connectivity index (χ3v) is 6.37. The summed E-state index contributed by atoms with van der Waals surface area (Å²) in [7, 11) is 0. The van der Waals surface area contributed by atoms with E-state index in [2.05, 4.69) is 13.8 Å². The molecule has 0 radical (unpaired) electrons. The first kappa shape index (κ1) is 22.5. The van der Waals surface area contributed by atoms with Gasteiger partial charge in [0.15, 0.2) is 5.17 Å². The molecule has 166 valence electrons. The van der Waals surface area contributed by atoms with Crippen LogP contribution >= 0.6 is 11.8 Å². The van der Waals surface area contributed by atoms with Gasteiger partial charge in [0.25, 0.3) is 11.6 Å². The van der Waals surface area contributed by atoms with E-state index in [0.29, 0.717) is 21.3 Å². The first-order valence-corrected chi connectivity index (χ1v) is 11.6. The number of para-hydroxylation sites is 1. The summed E-state index contributed by atoms with van der Waals surface area (Å²) < 4.78 is 0. The molecule has 0 unspecified atom stereocenters. The number of nitro groups is 1. The van der Waals surface area contributed by atoms with Gasteiger partial charge >= 0.3 is 0 Å². The van der Waals surface area contributed by atoms with Crippen LogP contribution in [0, 0.1) is 10.1 Å². The van der Waals surface area contributed by atoms with Gasteiger partial charge in [-0.25, -0.2) is 4.99 Å². The SMILES string of the molecule is CCc1ccc(N=C2S/C(=C\c3ccccc3[N+](=O)[O-])C(=O)N2c2ccc(CC)cc2)cc1. The Kier molecular flexibility index (Phi) is 6.70. The number of carbonyl (C=O) groups excluding carboxylic acids is 1. The van der Waals surface area contributed by atoms with E-state index in [-0.39, 0.29) is 11.6 Å². The van der Waals surface area contributed by atoms with Crippen molar-refractivity contribution >= 4 is 46.0 Å². The van der Waals surface area contributed by atoms with Gasteiger partial charge in [-0.2, -0.15) is 0 Å². The van der Waals surface area contributed by atoms with Crippen LogP contribution in [0.5, 0.6) is 0 Å². The maximum absolute atomic E-state index is 13.4. The third-order valence-electron chi connectivity index (χ3n) is 5.40. The highest BCUT2D eigenvalue weighted by molar-refractivity contribution is 8.19. The quantitative estimate of drug-likeness (QED) is 0.240. The fourth-order valence-electron chi connectivity index (χ4n) is 3.49. The Morgan fingerprint density at radius 3 is 2.15 bits per heavy atom. The lowest BCUT2D eigenvalue weighted by molar-refractivity contribution is -0.385. The number of thioether (sulfide) groups is 1. The molecule has 0 spiro atoms. The highest BCUT2D eigenvalue weighted by Gasteiger charge is 2.35. The minimum absolute atomic E-state index is 0.0437. The normalized spacial score (nSPS) is 16.1. The van der Waals surface area contributed by atoms with E-state index in [4.69, 9.17) is 4.99 Å². The molecule has 0 aliphatic carbocycles. The van der Waals surface area contributed by atoms with Crippen LogP contribution in [-0.2, 0) is 17.6 Å². The Morgan fingerprint density at radius 2 is 1.55 bits per heavy atom. The molecule has 3 aromatic carbocycles. The molecule has 0 aromatic heterocycles. The van der Waals surface area contributed by atoms with Gasteiger partial charge in [-0.3, -0.25) is 19.8 Å². The molecule has 1 aliphatic heterocycles. The van der Waals surface area contributed by atoms with Crippen molar-refractivity contribution in [2.24, 2.45) is 4.99 Å². The van der Waals surface area contributed by atoms with Gasteiger partial charge in [0.2, 0.25) is 0 Å². The van der Waals surface area contributed by atoms with Gasteiger partial charge in [0.1, 0.15) is 0 Å². The molecule has 33 heavy (non-hydrogen) atoms. The molecule has 0 N–H and O–H groups in total. The molecule has 7 heteroatoms. The molecule has 3 aromatic rings. The lowest BCUT2D eigenvalue weighted by atomic mass is 10.1. The summed E-state index contributed by atoms with van der Waals surface area (Å²) in [4.78, 5) is 31.1. The van der Waals surface area contributed by atoms with Crippen LogP contribution in [-0.4, -0.2) is 16.0 Å². The second-order valence-corrected chi connectivity index (χ2v) is 8.51. The number of carbonyl (C=O) groups is 1.